The summed E-state index contributed by atoms with van der Waals surface area (Å²) in [5.41, 5.74) is 7.40. The Kier molecular flexibility index (Phi) is 4.28. The van der Waals surface area contributed by atoms with E-state index in [1.54, 1.807) is 6.33 Å². The largest absolute Gasteiger partial charge is 0.324 e. The van der Waals surface area contributed by atoms with Crippen LogP contribution in [0.2, 0.25) is 0 Å². The number of hydrogen-bond donors (Lipinski definition) is 1. The molecule has 0 amide bonds. The van der Waals surface area contributed by atoms with Crippen molar-refractivity contribution >= 4 is 0 Å². The molecule has 16 heavy (non-hydrogen) atoms. The molecular formula is C13H21N3. The Balaban J connectivity index is 1.99. The normalized spacial score (nSPS) is 21.1. The van der Waals surface area contributed by atoms with Gasteiger partial charge in [0.05, 0.1) is 0 Å². The van der Waals surface area contributed by atoms with Gasteiger partial charge in [-0.3, -0.25) is 0 Å². The van der Waals surface area contributed by atoms with E-state index in [1.807, 2.05) is 12.4 Å². The van der Waals surface area contributed by atoms with Crippen LogP contribution in [0.1, 0.15) is 56.6 Å². The van der Waals surface area contributed by atoms with Gasteiger partial charge in [0.25, 0.3) is 0 Å². The predicted octanol–water partition coefficient (Wildman–Crippen LogP) is 2.84. The van der Waals surface area contributed by atoms with Crippen molar-refractivity contribution < 1.29 is 0 Å². The number of nitrogens with two attached hydrogens (primary N) is 1. The van der Waals surface area contributed by atoms with E-state index in [4.69, 9.17) is 5.73 Å². The Labute approximate surface area is 97.5 Å². The van der Waals surface area contributed by atoms with Crippen molar-refractivity contribution in [3.8, 4) is 0 Å². The van der Waals surface area contributed by atoms with Crippen LogP contribution in [0.25, 0.3) is 0 Å². The van der Waals surface area contributed by atoms with Crippen molar-refractivity contribution in [2.45, 2.75) is 51.0 Å². The Morgan fingerprint density at radius 2 is 1.56 bits per heavy atom. The quantitative estimate of drug-likeness (QED) is 0.832. The number of hydrogen-bond acceptors (Lipinski definition) is 3. The third kappa shape index (κ3) is 3.01. The molecule has 0 radical (unpaired) electrons. The first-order valence-electron chi connectivity index (χ1n) is 6.38. The van der Waals surface area contributed by atoms with Crippen LogP contribution in [-0.4, -0.2) is 9.97 Å². The van der Waals surface area contributed by atoms with Gasteiger partial charge in [0.1, 0.15) is 6.33 Å². The molecule has 1 aliphatic carbocycles. The van der Waals surface area contributed by atoms with E-state index < -0.39 is 0 Å². The maximum atomic E-state index is 6.31. The summed E-state index contributed by atoms with van der Waals surface area (Å²) in [5.74, 6) is 0.617. The van der Waals surface area contributed by atoms with E-state index in [9.17, 15) is 0 Å². The molecule has 0 aromatic carbocycles. The predicted molar refractivity (Wildman–Crippen MR) is 64.8 cm³/mol. The Morgan fingerprint density at radius 1 is 1.00 bits per heavy atom. The Bertz CT molecular complexity index is 291. The highest BCUT2D eigenvalue weighted by atomic mass is 14.8. The summed E-state index contributed by atoms with van der Waals surface area (Å²) in [5, 5.41) is 0. The minimum Gasteiger partial charge on any atom is -0.324 e. The summed E-state index contributed by atoms with van der Waals surface area (Å²) >= 11 is 0. The second-order valence-electron chi connectivity index (χ2n) is 4.80. The van der Waals surface area contributed by atoms with E-state index in [0.717, 1.165) is 5.56 Å². The lowest BCUT2D eigenvalue weighted by Crippen LogP contribution is -2.22. The molecule has 0 bridgehead atoms. The second-order valence-corrected chi connectivity index (χ2v) is 4.80. The Morgan fingerprint density at radius 3 is 2.19 bits per heavy atom. The van der Waals surface area contributed by atoms with Crippen LogP contribution in [0, 0.1) is 5.92 Å². The topological polar surface area (TPSA) is 51.8 Å². The summed E-state index contributed by atoms with van der Waals surface area (Å²) in [4.78, 5) is 8.10. The van der Waals surface area contributed by atoms with Crippen molar-refractivity contribution in [3.05, 3.63) is 24.3 Å². The van der Waals surface area contributed by atoms with Crippen LogP contribution in [0.3, 0.4) is 0 Å². The van der Waals surface area contributed by atoms with E-state index >= 15 is 0 Å². The van der Waals surface area contributed by atoms with Crippen LogP contribution < -0.4 is 5.73 Å². The van der Waals surface area contributed by atoms with Gasteiger partial charge in [-0.15, -0.1) is 0 Å². The zero-order valence-electron chi connectivity index (χ0n) is 9.81. The van der Waals surface area contributed by atoms with Gasteiger partial charge in [0, 0.05) is 24.0 Å². The molecule has 88 valence electrons. The van der Waals surface area contributed by atoms with Crippen molar-refractivity contribution in [2.75, 3.05) is 0 Å². The standard InChI is InChI=1S/C13H21N3/c14-13(12-8-15-10-16-9-12)11-6-4-2-1-3-5-7-11/h8-11,13H,1-7,14H2. The molecule has 1 aromatic rings. The minimum atomic E-state index is 0.124. The van der Waals surface area contributed by atoms with Gasteiger partial charge >= 0.3 is 0 Å². The maximum Gasteiger partial charge on any atom is 0.115 e. The van der Waals surface area contributed by atoms with Crippen molar-refractivity contribution in [3.63, 3.8) is 0 Å². The summed E-state index contributed by atoms with van der Waals surface area (Å²) < 4.78 is 0. The third-order valence-corrected chi connectivity index (χ3v) is 3.62. The van der Waals surface area contributed by atoms with E-state index in [1.165, 1.54) is 44.9 Å². The summed E-state index contributed by atoms with van der Waals surface area (Å²) in [7, 11) is 0. The molecule has 1 atom stereocenters. The summed E-state index contributed by atoms with van der Waals surface area (Å²) in [6.07, 6.45) is 14.6. The first kappa shape index (κ1) is 11.5. The fourth-order valence-corrected chi connectivity index (χ4v) is 2.60. The molecule has 1 heterocycles. The zero-order chi connectivity index (χ0) is 11.2. The Hall–Kier alpha value is -0.960. The van der Waals surface area contributed by atoms with Crippen molar-refractivity contribution in [1.82, 2.24) is 9.97 Å². The van der Waals surface area contributed by atoms with Gasteiger partial charge < -0.3 is 5.73 Å². The van der Waals surface area contributed by atoms with Crippen LogP contribution >= 0.6 is 0 Å². The molecule has 0 aliphatic heterocycles. The monoisotopic (exact) mass is 219 g/mol. The molecule has 3 heteroatoms. The third-order valence-electron chi connectivity index (χ3n) is 3.62. The first-order valence-corrected chi connectivity index (χ1v) is 6.38. The minimum absolute atomic E-state index is 0.124. The fraction of sp³-hybridized carbons (Fsp3) is 0.692. The second kappa shape index (κ2) is 5.94. The van der Waals surface area contributed by atoms with E-state index in [2.05, 4.69) is 9.97 Å². The van der Waals surface area contributed by atoms with Crippen LogP contribution in [0.15, 0.2) is 18.7 Å². The average Bonchev–Trinajstić information content (AvgIpc) is 2.29. The lowest BCUT2D eigenvalue weighted by atomic mass is 9.84. The fourth-order valence-electron chi connectivity index (χ4n) is 2.60. The van der Waals surface area contributed by atoms with Crippen LogP contribution in [0.5, 0.6) is 0 Å². The maximum absolute atomic E-state index is 6.31. The molecule has 1 unspecified atom stereocenters. The summed E-state index contributed by atoms with van der Waals surface area (Å²) in [6.45, 7) is 0. The molecule has 2 rings (SSSR count). The molecular weight excluding hydrogens is 198 g/mol. The molecule has 1 aliphatic rings. The van der Waals surface area contributed by atoms with Gasteiger partial charge in [-0.25, -0.2) is 9.97 Å². The van der Waals surface area contributed by atoms with Crippen molar-refractivity contribution in [1.29, 1.82) is 0 Å². The SMILES string of the molecule is NC(c1cncnc1)C1CCCCCCC1. The lowest BCUT2D eigenvalue weighted by molar-refractivity contribution is 0.327. The van der Waals surface area contributed by atoms with Gasteiger partial charge in [0.2, 0.25) is 0 Å². The highest BCUT2D eigenvalue weighted by Gasteiger charge is 2.20. The highest BCUT2D eigenvalue weighted by Crippen LogP contribution is 2.30. The van der Waals surface area contributed by atoms with E-state index in [-0.39, 0.29) is 6.04 Å². The van der Waals surface area contributed by atoms with Gasteiger partial charge in [-0.2, -0.15) is 0 Å². The lowest BCUT2D eigenvalue weighted by Gasteiger charge is -2.25. The molecule has 3 nitrogen and oxygen atoms in total. The molecule has 1 fully saturated rings. The average molecular weight is 219 g/mol. The molecule has 2 N–H and O–H groups in total. The van der Waals surface area contributed by atoms with E-state index in [0.29, 0.717) is 5.92 Å². The van der Waals surface area contributed by atoms with Gasteiger partial charge in [-0.05, 0) is 18.8 Å². The van der Waals surface area contributed by atoms with Crippen LogP contribution in [0.4, 0.5) is 0 Å². The molecule has 0 spiro atoms. The molecule has 0 saturated heterocycles. The van der Waals surface area contributed by atoms with Crippen molar-refractivity contribution in [2.24, 2.45) is 11.7 Å². The summed E-state index contributed by atoms with van der Waals surface area (Å²) in [6, 6.07) is 0.124. The van der Waals surface area contributed by atoms with Gasteiger partial charge in [0.15, 0.2) is 0 Å². The number of aromatic nitrogens is 2. The van der Waals surface area contributed by atoms with Gasteiger partial charge in [-0.1, -0.05) is 32.1 Å². The number of nitrogens with zero attached hydrogens (tertiary/aromatic N) is 2. The smallest absolute Gasteiger partial charge is 0.115 e. The molecule has 1 aromatic heterocycles. The highest BCUT2D eigenvalue weighted by molar-refractivity contribution is 5.09. The zero-order valence-corrected chi connectivity index (χ0v) is 9.81. The van der Waals surface area contributed by atoms with Crippen LogP contribution in [-0.2, 0) is 0 Å². The molecule has 1 saturated carbocycles. The number of rotatable bonds is 2. The first-order chi connectivity index (χ1) is 7.88.